The first kappa shape index (κ1) is 22.1. The fraction of sp³-hybridized carbons (Fsp3) is 0.185. The number of carbonyl (C=O) groups is 2. The van der Waals surface area contributed by atoms with Gasteiger partial charge in [-0.3, -0.25) is 14.5 Å². The number of para-hydroxylation sites is 1. The average molecular weight is 443 g/mol. The minimum atomic E-state index is -0.817. The maximum Gasteiger partial charge on any atom is 0.300 e. The summed E-state index contributed by atoms with van der Waals surface area (Å²) < 4.78 is 10.6. The molecule has 1 aliphatic heterocycles. The third-order valence-electron chi connectivity index (χ3n) is 6.01. The number of methoxy groups -OCH3 is 2. The maximum absolute atomic E-state index is 13.3. The van der Waals surface area contributed by atoms with Crippen molar-refractivity contribution in [3.63, 3.8) is 0 Å². The van der Waals surface area contributed by atoms with Gasteiger partial charge in [0.15, 0.2) is 0 Å². The van der Waals surface area contributed by atoms with E-state index >= 15 is 0 Å². The second-order valence-electron chi connectivity index (χ2n) is 7.91. The van der Waals surface area contributed by atoms with Crippen molar-refractivity contribution in [2.45, 2.75) is 19.9 Å². The van der Waals surface area contributed by atoms with Crippen LogP contribution in [0.25, 0.3) is 5.76 Å². The molecule has 1 saturated heterocycles. The molecule has 0 bridgehead atoms. The molecule has 0 spiro atoms. The summed E-state index contributed by atoms with van der Waals surface area (Å²) in [7, 11) is 3.05. The Bertz CT molecular complexity index is 1260. The zero-order valence-corrected chi connectivity index (χ0v) is 19.0. The molecule has 1 fully saturated rings. The number of ether oxygens (including phenoxy) is 2. The second-order valence-corrected chi connectivity index (χ2v) is 7.91. The summed E-state index contributed by atoms with van der Waals surface area (Å²) >= 11 is 0. The summed E-state index contributed by atoms with van der Waals surface area (Å²) in [6.07, 6.45) is 0. The molecule has 0 saturated carbocycles. The number of hydrogen-bond acceptors (Lipinski definition) is 5. The molecule has 0 radical (unpaired) electrons. The molecule has 0 aromatic heterocycles. The quantitative estimate of drug-likeness (QED) is 0.343. The third kappa shape index (κ3) is 3.84. The van der Waals surface area contributed by atoms with Gasteiger partial charge < -0.3 is 14.6 Å². The first-order chi connectivity index (χ1) is 15.9. The fourth-order valence-corrected chi connectivity index (χ4v) is 4.06. The largest absolute Gasteiger partial charge is 0.507 e. The van der Waals surface area contributed by atoms with E-state index in [0.717, 1.165) is 11.1 Å². The number of aliphatic hydroxyl groups is 1. The van der Waals surface area contributed by atoms with Crippen molar-refractivity contribution in [1.29, 1.82) is 0 Å². The Balaban J connectivity index is 1.97. The van der Waals surface area contributed by atoms with E-state index in [2.05, 4.69) is 0 Å². The zero-order valence-electron chi connectivity index (χ0n) is 19.0. The molecule has 3 aromatic rings. The highest BCUT2D eigenvalue weighted by Gasteiger charge is 2.47. The Hall–Kier alpha value is -4.06. The molecule has 168 valence electrons. The molecule has 1 amide bonds. The molecule has 0 aliphatic carbocycles. The monoisotopic (exact) mass is 443 g/mol. The molecule has 4 rings (SSSR count). The van der Waals surface area contributed by atoms with Gasteiger partial charge in [0.2, 0.25) is 0 Å². The Morgan fingerprint density at radius 2 is 1.58 bits per heavy atom. The first-order valence-electron chi connectivity index (χ1n) is 10.5. The average Bonchev–Trinajstić information content (AvgIpc) is 3.10. The standard InChI is InChI=1S/C27H25NO5/c1-16-9-12-19(15-17(16)2)28-24(18-10-13-20(32-3)14-11-18)23(26(30)27(28)31)25(29)21-7-5-6-8-22(21)33-4/h5-15,24,29H,1-4H3/b25-23+. The number of carbonyl (C=O) groups excluding carboxylic acids is 2. The number of hydrogen-bond donors (Lipinski definition) is 1. The number of ketones is 1. The highest BCUT2D eigenvalue weighted by molar-refractivity contribution is 6.51. The Labute approximate surface area is 192 Å². The van der Waals surface area contributed by atoms with Gasteiger partial charge in [-0.1, -0.05) is 30.3 Å². The molecule has 1 atom stereocenters. The zero-order chi connectivity index (χ0) is 23.7. The summed E-state index contributed by atoms with van der Waals surface area (Å²) in [6.45, 7) is 3.93. The van der Waals surface area contributed by atoms with Gasteiger partial charge in [0.05, 0.1) is 31.4 Å². The summed E-state index contributed by atoms with van der Waals surface area (Å²) in [5.74, 6) is -0.682. The lowest BCUT2D eigenvalue weighted by Crippen LogP contribution is -2.29. The van der Waals surface area contributed by atoms with E-state index in [1.165, 1.54) is 12.0 Å². The summed E-state index contributed by atoms with van der Waals surface area (Å²) in [4.78, 5) is 28.0. The van der Waals surface area contributed by atoms with Crippen LogP contribution in [0.1, 0.15) is 28.3 Å². The van der Waals surface area contributed by atoms with Crippen LogP contribution in [-0.4, -0.2) is 31.0 Å². The summed E-state index contributed by atoms with van der Waals surface area (Å²) in [5.41, 5.74) is 3.67. The van der Waals surface area contributed by atoms with Crippen molar-refractivity contribution >= 4 is 23.1 Å². The van der Waals surface area contributed by atoms with E-state index in [4.69, 9.17) is 9.47 Å². The number of Topliss-reactive ketones (excluding diaryl/α,β-unsaturated/α-hetero) is 1. The van der Waals surface area contributed by atoms with Crippen LogP contribution in [0.15, 0.2) is 72.3 Å². The van der Waals surface area contributed by atoms with E-state index in [1.54, 1.807) is 55.6 Å². The normalized spacial score (nSPS) is 17.3. The number of aryl methyl sites for hydroxylation is 2. The van der Waals surface area contributed by atoms with Crippen LogP contribution in [0.5, 0.6) is 11.5 Å². The SMILES string of the molecule is COc1ccc(C2/C(=C(\O)c3ccccc3OC)C(=O)C(=O)N2c2ccc(C)c(C)c2)cc1. The van der Waals surface area contributed by atoms with Crippen molar-refractivity contribution in [3.8, 4) is 11.5 Å². The predicted molar refractivity (Wildman–Crippen MR) is 127 cm³/mol. The van der Waals surface area contributed by atoms with Gasteiger partial charge >= 0.3 is 0 Å². The maximum atomic E-state index is 13.3. The molecule has 6 nitrogen and oxygen atoms in total. The molecule has 1 heterocycles. The van der Waals surface area contributed by atoms with Crippen LogP contribution in [0.3, 0.4) is 0 Å². The number of rotatable bonds is 5. The summed E-state index contributed by atoms with van der Waals surface area (Å²) in [6, 6.07) is 18.7. The molecule has 1 aliphatic rings. The number of nitrogens with zero attached hydrogens (tertiary/aromatic N) is 1. The van der Waals surface area contributed by atoms with Crippen molar-refractivity contribution in [1.82, 2.24) is 0 Å². The van der Waals surface area contributed by atoms with Crippen molar-refractivity contribution < 1.29 is 24.2 Å². The number of amides is 1. The Morgan fingerprint density at radius 1 is 0.879 bits per heavy atom. The third-order valence-corrected chi connectivity index (χ3v) is 6.01. The second kappa shape index (κ2) is 8.82. The molecular formula is C27H25NO5. The molecule has 1 N–H and O–H groups in total. The van der Waals surface area contributed by atoms with E-state index in [9.17, 15) is 14.7 Å². The topological polar surface area (TPSA) is 76.1 Å². The fourth-order valence-electron chi connectivity index (χ4n) is 4.06. The van der Waals surface area contributed by atoms with Gasteiger partial charge in [-0.05, 0) is 66.9 Å². The van der Waals surface area contributed by atoms with Gasteiger partial charge in [-0.25, -0.2) is 0 Å². The molecule has 33 heavy (non-hydrogen) atoms. The van der Waals surface area contributed by atoms with E-state index in [1.807, 2.05) is 32.0 Å². The lowest BCUT2D eigenvalue weighted by molar-refractivity contribution is -0.132. The smallest absolute Gasteiger partial charge is 0.300 e. The van der Waals surface area contributed by atoms with Crippen LogP contribution in [0.2, 0.25) is 0 Å². The Kier molecular flexibility index (Phi) is 5.92. The van der Waals surface area contributed by atoms with Gasteiger partial charge in [0, 0.05) is 5.69 Å². The van der Waals surface area contributed by atoms with Crippen LogP contribution < -0.4 is 14.4 Å². The van der Waals surface area contributed by atoms with Crippen molar-refractivity contribution in [2.24, 2.45) is 0 Å². The van der Waals surface area contributed by atoms with Gasteiger partial charge in [-0.15, -0.1) is 0 Å². The molecule has 3 aromatic carbocycles. The van der Waals surface area contributed by atoms with Gasteiger partial charge in [0.25, 0.3) is 11.7 Å². The van der Waals surface area contributed by atoms with Crippen LogP contribution in [0.4, 0.5) is 5.69 Å². The lowest BCUT2D eigenvalue weighted by atomic mass is 9.94. The summed E-state index contributed by atoms with van der Waals surface area (Å²) in [5, 5.41) is 11.3. The van der Waals surface area contributed by atoms with E-state index < -0.39 is 17.7 Å². The van der Waals surface area contributed by atoms with Crippen LogP contribution >= 0.6 is 0 Å². The van der Waals surface area contributed by atoms with E-state index in [0.29, 0.717) is 28.3 Å². The lowest BCUT2D eigenvalue weighted by Gasteiger charge is -2.26. The minimum absolute atomic E-state index is 0.00731. The first-order valence-corrected chi connectivity index (χ1v) is 10.5. The molecule has 1 unspecified atom stereocenters. The number of benzene rings is 3. The van der Waals surface area contributed by atoms with Gasteiger partial charge in [0.1, 0.15) is 17.3 Å². The van der Waals surface area contributed by atoms with E-state index in [-0.39, 0.29) is 11.3 Å². The van der Waals surface area contributed by atoms with Crippen LogP contribution in [-0.2, 0) is 9.59 Å². The molecular weight excluding hydrogens is 418 g/mol. The van der Waals surface area contributed by atoms with Crippen molar-refractivity contribution in [3.05, 3.63) is 94.6 Å². The highest BCUT2D eigenvalue weighted by atomic mass is 16.5. The van der Waals surface area contributed by atoms with Crippen molar-refractivity contribution in [2.75, 3.05) is 19.1 Å². The minimum Gasteiger partial charge on any atom is -0.507 e. The van der Waals surface area contributed by atoms with Crippen LogP contribution in [0, 0.1) is 13.8 Å². The predicted octanol–water partition coefficient (Wildman–Crippen LogP) is 4.95. The number of anilines is 1. The Morgan fingerprint density at radius 3 is 2.21 bits per heavy atom. The molecule has 6 heteroatoms. The van der Waals surface area contributed by atoms with Gasteiger partial charge in [-0.2, -0.15) is 0 Å². The highest BCUT2D eigenvalue weighted by Crippen LogP contribution is 2.43. The number of aliphatic hydroxyl groups excluding tert-OH is 1.